The van der Waals surface area contributed by atoms with Gasteiger partial charge in [0.05, 0.1) is 28.5 Å². The molecule has 1 unspecified atom stereocenters. The Hall–Kier alpha value is -3.16. The van der Waals surface area contributed by atoms with Gasteiger partial charge in [-0.3, -0.25) is 9.36 Å². The first-order valence-corrected chi connectivity index (χ1v) is 12.7. The summed E-state index contributed by atoms with van der Waals surface area (Å²) in [6.45, 7) is 8.00. The molecule has 0 fully saturated rings. The van der Waals surface area contributed by atoms with Gasteiger partial charge in [-0.15, -0.1) is 0 Å². The summed E-state index contributed by atoms with van der Waals surface area (Å²) in [5.74, 6) is 0.234. The highest BCUT2D eigenvalue weighted by Gasteiger charge is 2.34. The normalized spacial score (nSPS) is 15.7. The van der Waals surface area contributed by atoms with Crippen LogP contribution in [0.5, 0.6) is 5.75 Å². The fourth-order valence-electron chi connectivity index (χ4n) is 3.92. The summed E-state index contributed by atoms with van der Waals surface area (Å²) < 4.78 is 13.3. The Kier molecular flexibility index (Phi) is 7.57. The Labute approximate surface area is 212 Å². The van der Waals surface area contributed by atoms with Crippen LogP contribution in [0.4, 0.5) is 0 Å². The number of carbonyl (C=O) groups is 1. The number of hydrogen-bond acceptors (Lipinski definition) is 6. The van der Waals surface area contributed by atoms with Gasteiger partial charge in [-0.25, -0.2) is 9.79 Å². The van der Waals surface area contributed by atoms with E-state index in [0.717, 1.165) is 17.7 Å². The van der Waals surface area contributed by atoms with Gasteiger partial charge in [-0.2, -0.15) is 0 Å². The summed E-state index contributed by atoms with van der Waals surface area (Å²) >= 11 is 7.83. The number of thiazole rings is 1. The summed E-state index contributed by atoms with van der Waals surface area (Å²) in [5.41, 5.74) is 2.04. The SMILES string of the molecule is CCCOc1cccc(C=c2sc3n(c2=O)C(c2ccccc2Cl)C(C(=O)OC(C)C)=C(C)N=3)c1. The van der Waals surface area contributed by atoms with E-state index in [0.29, 0.717) is 37.8 Å². The third-order valence-electron chi connectivity index (χ3n) is 5.41. The average molecular weight is 511 g/mol. The summed E-state index contributed by atoms with van der Waals surface area (Å²) in [4.78, 5) is 32.0. The third kappa shape index (κ3) is 5.26. The molecule has 6 nitrogen and oxygen atoms in total. The van der Waals surface area contributed by atoms with Crippen molar-refractivity contribution in [2.24, 2.45) is 4.99 Å². The minimum atomic E-state index is -0.743. The summed E-state index contributed by atoms with van der Waals surface area (Å²) in [5, 5.41) is 0.456. The zero-order chi connectivity index (χ0) is 25.1. The van der Waals surface area contributed by atoms with Crippen molar-refractivity contribution in [3.63, 3.8) is 0 Å². The molecule has 1 atom stereocenters. The molecule has 0 saturated heterocycles. The average Bonchev–Trinajstić information content (AvgIpc) is 3.11. The lowest BCUT2D eigenvalue weighted by atomic mass is 9.96. The second-order valence-electron chi connectivity index (χ2n) is 8.48. The Morgan fingerprint density at radius 1 is 1.23 bits per heavy atom. The van der Waals surface area contributed by atoms with Crippen LogP contribution < -0.4 is 19.6 Å². The topological polar surface area (TPSA) is 69.9 Å². The van der Waals surface area contributed by atoms with Crippen molar-refractivity contribution in [2.45, 2.75) is 46.3 Å². The van der Waals surface area contributed by atoms with E-state index in [-0.39, 0.29) is 11.7 Å². The molecule has 0 amide bonds. The minimum Gasteiger partial charge on any atom is -0.494 e. The first kappa shape index (κ1) is 24.9. The molecular weight excluding hydrogens is 484 g/mol. The van der Waals surface area contributed by atoms with Crippen LogP contribution in [0.15, 0.2) is 69.6 Å². The van der Waals surface area contributed by atoms with Crippen molar-refractivity contribution >= 4 is 35.0 Å². The van der Waals surface area contributed by atoms with Crippen molar-refractivity contribution in [1.82, 2.24) is 4.57 Å². The van der Waals surface area contributed by atoms with Crippen molar-refractivity contribution in [2.75, 3.05) is 6.61 Å². The molecule has 0 bridgehead atoms. The number of carbonyl (C=O) groups excluding carboxylic acids is 1. The number of nitrogens with zero attached hydrogens (tertiary/aromatic N) is 2. The molecule has 2 heterocycles. The molecule has 182 valence electrons. The number of allylic oxidation sites excluding steroid dienone is 1. The summed E-state index contributed by atoms with van der Waals surface area (Å²) in [6, 6.07) is 14.1. The summed E-state index contributed by atoms with van der Waals surface area (Å²) in [6.07, 6.45) is 2.41. The number of hydrogen-bond donors (Lipinski definition) is 0. The van der Waals surface area contributed by atoms with E-state index < -0.39 is 12.0 Å². The van der Waals surface area contributed by atoms with Crippen LogP contribution >= 0.6 is 22.9 Å². The lowest BCUT2D eigenvalue weighted by Crippen LogP contribution is -2.40. The van der Waals surface area contributed by atoms with Crippen molar-refractivity contribution < 1.29 is 14.3 Å². The highest BCUT2D eigenvalue weighted by atomic mass is 35.5. The van der Waals surface area contributed by atoms with Gasteiger partial charge in [0, 0.05) is 5.02 Å². The Morgan fingerprint density at radius 3 is 2.71 bits per heavy atom. The molecule has 0 radical (unpaired) electrons. The van der Waals surface area contributed by atoms with Gasteiger partial charge in [-0.1, -0.05) is 60.2 Å². The van der Waals surface area contributed by atoms with E-state index in [1.165, 1.54) is 11.3 Å². The lowest BCUT2D eigenvalue weighted by molar-refractivity contribution is -0.143. The molecule has 1 aliphatic heterocycles. The van der Waals surface area contributed by atoms with E-state index in [9.17, 15) is 9.59 Å². The van der Waals surface area contributed by atoms with E-state index in [4.69, 9.17) is 21.1 Å². The van der Waals surface area contributed by atoms with E-state index in [2.05, 4.69) is 4.99 Å². The van der Waals surface area contributed by atoms with Crippen molar-refractivity contribution in [3.8, 4) is 5.75 Å². The second kappa shape index (κ2) is 10.6. The first-order chi connectivity index (χ1) is 16.8. The van der Waals surface area contributed by atoms with Gasteiger partial charge in [0.1, 0.15) is 11.8 Å². The van der Waals surface area contributed by atoms with Crippen LogP contribution in [0.3, 0.4) is 0 Å². The van der Waals surface area contributed by atoms with Gasteiger partial charge in [0.15, 0.2) is 4.80 Å². The van der Waals surface area contributed by atoms with Crippen LogP contribution in [0.2, 0.25) is 5.02 Å². The number of esters is 1. The predicted octanol–water partition coefficient (Wildman–Crippen LogP) is 4.63. The Bertz CT molecular complexity index is 1470. The Morgan fingerprint density at radius 2 is 2.00 bits per heavy atom. The van der Waals surface area contributed by atoms with Gasteiger partial charge < -0.3 is 9.47 Å². The molecule has 3 aromatic rings. The third-order valence-corrected chi connectivity index (χ3v) is 6.74. The van der Waals surface area contributed by atoms with Crippen LogP contribution in [-0.4, -0.2) is 23.2 Å². The molecule has 4 rings (SSSR count). The minimum absolute atomic E-state index is 0.249. The number of halogens is 1. The highest BCUT2D eigenvalue weighted by Crippen LogP contribution is 2.34. The molecule has 0 spiro atoms. The maximum atomic E-state index is 13.7. The van der Waals surface area contributed by atoms with E-state index in [1.54, 1.807) is 31.4 Å². The predicted molar refractivity (Wildman–Crippen MR) is 139 cm³/mol. The highest BCUT2D eigenvalue weighted by molar-refractivity contribution is 7.07. The molecule has 0 saturated carbocycles. The number of aromatic nitrogens is 1. The van der Waals surface area contributed by atoms with Crippen LogP contribution in [-0.2, 0) is 9.53 Å². The molecule has 0 N–H and O–H groups in total. The second-order valence-corrected chi connectivity index (χ2v) is 9.89. The fraction of sp³-hybridized carbons (Fsp3) is 0.296. The smallest absolute Gasteiger partial charge is 0.338 e. The van der Waals surface area contributed by atoms with E-state index >= 15 is 0 Å². The number of benzene rings is 2. The zero-order valence-electron chi connectivity index (χ0n) is 20.1. The van der Waals surface area contributed by atoms with Gasteiger partial charge >= 0.3 is 5.97 Å². The van der Waals surface area contributed by atoms with Gasteiger partial charge in [-0.05, 0) is 62.6 Å². The fourth-order valence-corrected chi connectivity index (χ4v) is 5.20. The lowest BCUT2D eigenvalue weighted by Gasteiger charge is -2.26. The maximum absolute atomic E-state index is 13.7. The molecule has 1 aliphatic rings. The maximum Gasteiger partial charge on any atom is 0.338 e. The largest absolute Gasteiger partial charge is 0.494 e. The number of rotatable bonds is 7. The van der Waals surface area contributed by atoms with Gasteiger partial charge in [0.2, 0.25) is 0 Å². The van der Waals surface area contributed by atoms with Crippen LogP contribution in [0.1, 0.15) is 51.3 Å². The van der Waals surface area contributed by atoms with E-state index in [1.807, 2.05) is 55.5 Å². The molecule has 2 aromatic carbocycles. The van der Waals surface area contributed by atoms with Crippen LogP contribution in [0.25, 0.3) is 6.08 Å². The number of ether oxygens (including phenoxy) is 2. The standard InChI is InChI=1S/C27H27ClN2O4S/c1-5-13-33-19-10-8-9-18(14-19)15-22-25(31)30-24(20-11-6-7-12-21(20)28)23(26(32)34-16(2)3)17(4)29-27(30)35-22/h6-12,14-16,24H,5,13H2,1-4H3. The Balaban J connectivity index is 1.89. The molecule has 1 aromatic heterocycles. The quantitative estimate of drug-likeness (QED) is 0.434. The van der Waals surface area contributed by atoms with Crippen LogP contribution in [0, 0.1) is 0 Å². The monoisotopic (exact) mass is 510 g/mol. The molecular formula is C27H27ClN2O4S. The van der Waals surface area contributed by atoms with Gasteiger partial charge in [0.25, 0.3) is 5.56 Å². The van der Waals surface area contributed by atoms with Crippen molar-refractivity contribution in [3.05, 3.63) is 95.6 Å². The molecule has 35 heavy (non-hydrogen) atoms. The van der Waals surface area contributed by atoms with Crippen molar-refractivity contribution in [1.29, 1.82) is 0 Å². The molecule has 8 heteroatoms. The number of fused-ring (bicyclic) bond motifs is 1. The summed E-state index contributed by atoms with van der Waals surface area (Å²) in [7, 11) is 0. The zero-order valence-corrected chi connectivity index (χ0v) is 21.7. The first-order valence-electron chi connectivity index (χ1n) is 11.5. The molecule has 0 aliphatic carbocycles.